The fourth-order valence-corrected chi connectivity index (χ4v) is 1.20. The van der Waals surface area contributed by atoms with Crippen LogP contribution in [0.15, 0.2) is 6.20 Å². The van der Waals surface area contributed by atoms with Crippen LogP contribution < -0.4 is 4.74 Å². The van der Waals surface area contributed by atoms with E-state index in [2.05, 4.69) is 9.97 Å². The molecule has 0 amide bonds. The highest BCUT2D eigenvalue weighted by Crippen LogP contribution is 2.20. The maximum atomic E-state index is 10.3. The molecule has 0 radical (unpaired) electrons. The van der Waals surface area contributed by atoms with Crippen molar-refractivity contribution in [1.29, 1.82) is 0 Å². The predicted octanol–water partition coefficient (Wildman–Crippen LogP) is 0.0386. The highest BCUT2D eigenvalue weighted by atomic mass is 16.5. The summed E-state index contributed by atoms with van der Waals surface area (Å²) in [4.78, 5) is 18.2. The molecule has 1 aliphatic heterocycles. The number of aromatic nitrogens is 2. The lowest BCUT2D eigenvalue weighted by atomic mass is 10.3. The SMILES string of the molecule is O=C(O)Cc1ncc2c(n1)OCC2. The van der Waals surface area contributed by atoms with E-state index in [1.807, 2.05) is 0 Å². The Balaban J connectivity index is 2.25. The van der Waals surface area contributed by atoms with Gasteiger partial charge in [0.2, 0.25) is 5.88 Å². The van der Waals surface area contributed by atoms with Gasteiger partial charge in [-0.15, -0.1) is 0 Å². The first-order valence-corrected chi connectivity index (χ1v) is 3.95. The molecule has 68 valence electrons. The van der Waals surface area contributed by atoms with E-state index in [-0.39, 0.29) is 6.42 Å². The number of nitrogens with zero attached hydrogens (tertiary/aromatic N) is 2. The first-order valence-electron chi connectivity index (χ1n) is 3.95. The summed E-state index contributed by atoms with van der Waals surface area (Å²) < 4.78 is 5.18. The summed E-state index contributed by atoms with van der Waals surface area (Å²) in [5.41, 5.74) is 0.953. The maximum Gasteiger partial charge on any atom is 0.311 e. The second kappa shape index (κ2) is 3.01. The average molecular weight is 180 g/mol. The van der Waals surface area contributed by atoms with Gasteiger partial charge >= 0.3 is 5.97 Å². The molecule has 0 saturated heterocycles. The zero-order valence-electron chi connectivity index (χ0n) is 6.86. The molecule has 0 unspecified atom stereocenters. The Morgan fingerprint density at radius 2 is 2.54 bits per heavy atom. The van der Waals surface area contributed by atoms with Crippen molar-refractivity contribution in [1.82, 2.24) is 9.97 Å². The molecular formula is C8H8N2O3. The van der Waals surface area contributed by atoms with E-state index in [1.165, 1.54) is 0 Å². The lowest BCUT2D eigenvalue weighted by Gasteiger charge is -1.99. The van der Waals surface area contributed by atoms with E-state index in [0.717, 1.165) is 12.0 Å². The van der Waals surface area contributed by atoms with Gasteiger partial charge in [-0.3, -0.25) is 4.79 Å². The minimum atomic E-state index is -0.932. The number of fused-ring (bicyclic) bond motifs is 1. The molecule has 1 aliphatic rings. The molecular weight excluding hydrogens is 172 g/mol. The standard InChI is InChI=1S/C8H8N2O3/c11-7(12)3-6-9-4-5-1-2-13-8(5)10-6/h4H,1-3H2,(H,11,12). The van der Waals surface area contributed by atoms with Crippen molar-refractivity contribution >= 4 is 5.97 Å². The summed E-state index contributed by atoms with van der Waals surface area (Å²) >= 11 is 0. The Bertz CT molecular complexity index is 351. The fraction of sp³-hybridized carbons (Fsp3) is 0.375. The fourth-order valence-electron chi connectivity index (χ4n) is 1.20. The quantitative estimate of drug-likeness (QED) is 0.695. The van der Waals surface area contributed by atoms with Crippen LogP contribution in [0.25, 0.3) is 0 Å². The van der Waals surface area contributed by atoms with Crippen LogP contribution in [-0.2, 0) is 17.6 Å². The van der Waals surface area contributed by atoms with Gasteiger partial charge in [0.1, 0.15) is 12.2 Å². The van der Waals surface area contributed by atoms with Crippen LogP contribution >= 0.6 is 0 Å². The molecule has 1 aromatic rings. The van der Waals surface area contributed by atoms with Crippen LogP contribution in [0.5, 0.6) is 5.88 Å². The van der Waals surface area contributed by atoms with E-state index >= 15 is 0 Å². The maximum absolute atomic E-state index is 10.3. The van der Waals surface area contributed by atoms with E-state index in [4.69, 9.17) is 9.84 Å². The van der Waals surface area contributed by atoms with Crippen LogP contribution in [0.3, 0.4) is 0 Å². The number of hydrogen-bond acceptors (Lipinski definition) is 4. The largest absolute Gasteiger partial charge is 0.481 e. The summed E-state index contributed by atoms with van der Waals surface area (Å²) in [7, 11) is 0. The molecule has 0 fully saturated rings. The van der Waals surface area contributed by atoms with Crippen molar-refractivity contribution in [3.05, 3.63) is 17.6 Å². The van der Waals surface area contributed by atoms with Crippen molar-refractivity contribution in [3.63, 3.8) is 0 Å². The molecule has 2 rings (SSSR count). The Morgan fingerprint density at radius 3 is 3.31 bits per heavy atom. The minimum Gasteiger partial charge on any atom is -0.481 e. The summed E-state index contributed by atoms with van der Waals surface area (Å²) in [6, 6.07) is 0. The van der Waals surface area contributed by atoms with Crippen LogP contribution in [0, 0.1) is 0 Å². The molecule has 5 heteroatoms. The Hall–Kier alpha value is -1.65. The zero-order valence-corrected chi connectivity index (χ0v) is 6.86. The highest BCUT2D eigenvalue weighted by Gasteiger charge is 2.15. The first kappa shape index (κ1) is 7.97. The normalized spacial score (nSPS) is 13.5. The molecule has 0 atom stereocenters. The van der Waals surface area contributed by atoms with Crippen molar-refractivity contribution in [2.45, 2.75) is 12.8 Å². The van der Waals surface area contributed by atoms with Crippen LogP contribution in [0.2, 0.25) is 0 Å². The topological polar surface area (TPSA) is 72.3 Å². The van der Waals surface area contributed by atoms with E-state index in [1.54, 1.807) is 6.20 Å². The molecule has 0 aromatic carbocycles. The first-order chi connectivity index (χ1) is 6.25. The van der Waals surface area contributed by atoms with Gasteiger partial charge in [-0.1, -0.05) is 0 Å². The van der Waals surface area contributed by atoms with Gasteiger partial charge in [-0.2, -0.15) is 4.98 Å². The second-order valence-corrected chi connectivity index (χ2v) is 2.79. The van der Waals surface area contributed by atoms with Gasteiger partial charge in [0.15, 0.2) is 0 Å². The van der Waals surface area contributed by atoms with Crippen LogP contribution in [0.4, 0.5) is 0 Å². The van der Waals surface area contributed by atoms with Gasteiger partial charge in [-0.05, 0) is 0 Å². The number of ether oxygens (including phenoxy) is 1. The van der Waals surface area contributed by atoms with Crippen molar-refractivity contribution < 1.29 is 14.6 Å². The smallest absolute Gasteiger partial charge is 0.311 e. The molecule has 0 spiro atoms. The lowest BCUT2D eigenvalue weighted by Crippen LogP contribution is -2.05. The lowest BCUT2D eigenvalue weighted by molar-refractivity contribution is -0.136. The Labute approximate surface area is 74.4 Å². The Morgan fingerprint density at radius 1 is 1.69 bits per heavy atom. The van der Waals surface area contributed by atoms with Crippen LogP contribution in [0.1, 0.15) is 11.4 Å². The van der Waals surface area contributed by atoms with E-state index in [9.17, 15) is 4.79 Å². The van der Waals surface area contributed by atoms with Gasteiger partial charge in [0.05, 0.1) is 6.61 Å². The minimum absolute atomic E-state index is 0.156. The number of rotatable bonds is 2. The summed E-state index contributed by atoms with van der Waals surface area (Å²) in [5.74, 6) is -0.0997. The van der Waals surface area contributed by atoms with Gasteiger partial charge < -0.3 is 9.84 Å². The third-order valence-electron chi connectivity index (χ3n) is 1.79. The third-order valence-corrected chi connectivity index (χ3v) is 1.79. The van der Waals surface area contributed by atoms with Gasteiger partial charge in [-0.25, -0.2) is 4.98 Å². The van der Waals surface area contributed by atoms with Crippen molar-refractivity contribution in [2.24, 2.45) is 0 Å². The summed E-state index contributed by atoms with van der Waals surface area (Å²) in [6.45, 7) is 0.612. The highest BCUT2D eigenvalue weighted by molar-refractivity contribution is 5.69. The molecule has 0 saturated carbocycles. The number of aliphatic carboxylic acids is 1. The van der Waals surface area contributed by atoms with Crippen molar-refractivity contribution in [2.75, 3.05) is 6.61 Å². The summed E-state index contributed by atoms with van der Waals surface area (Å²) in [5, 5.41) is 8.49. The molecule has 1 N–H and O–H groups in total. The number of hydrogen-bond donors (Lipinski definition) is 1. The van der Waals surface area contributed by atoms with Crippen molar-refractivity contribution in [3.8, 4) is 5.88 Å². The molecule has 2 heterocycles. The second-order valence-electron chi connectivity index (χ2n) is 2.79. The zero-order chi connectivity index (χ0) is 9.26. The molecule has 13 heavy (non-hydrogen) atoms. The third kappa shape index (κ3) is 1.58. The van der Waals surface area contributed by atoms with E-state index < -0.39 is 5.97 Å². The summed E-state index contributed by atoms with van der Waals surface area (Å²) in [6.07, 6.45) is 2.28. The molecule has 5 nitrogen and oxygen atoms in total. The van der Waals surface area contributed by atoms with Gasteiger partial charge in [0.25, 0.3) is 0 Å². The Kier molecular flexibility index (Phi) is 1.84. The van der Waals surface area contributed by atoms with E-state index in [0.29, 0.717) is 18.3 Å². The average Bonchev–Trinajstić information content (AvgIpc) is 2.49. The van der Waals surface area contributed by atoms with Gasteiger partial charge in [0, 0.05) is 18.2 Å². The number of carboxylic acid groups (broad SMARTS) is 1. The van der Waals surface area contributed by atoms with Crippen LogP contribution in [-0.4, -0.2) is 27.7 Å². The monoisotopic (exact) mass is 180 g/mol. The molecule has 0 bridgehead atoms. The number of carboxylic acids is 1. The predicted molar refractivity (Wildman–Crippen MR) is 42.6 cm³/mol. The molecule has 1 aromatic heterocycles. The number of carbonyl (C=O) groups is 1. The molecule has 0 aliphatic carbocycles.